The number of nitrogens with two attached hydrogens (primary N) is 1. The Morgan fingerprint density at radius 2 is 2.05 bits per heavy atom. The lowest BCUT2D eigenvalue weighted by atomic mass is 10.3. The average Bonchev–Trinajstić information content (AvgIpc) is 2.89. The van der Waals surface area contributed by atoms with Crippen molar-refractivity contribution in [3.8, 4) is 5.75 Å². The van der Waals surface area contributed by atoms with E-state index in [0.717, 1.165) is 17.0 Å². The molecule has 3 rings (SSSR count). The minimum Gasteiger partial charge on any atom is -0.497 e. The molecule has 2 aromatic carbocycles. The summed E-state index contributed by atoms with van der Waals surface area (Å²) in [4.78, 5) is 6.31. The van der Waals surface area contributed by atoms with Gasteiger partial charge in [-0.3, -0.25) is 4.90 Å². The number of oxazole rings is 1. The molecule has 0 radical (unpaired) electrons. The highest BCUT2D eigenvalue weighted by molar-refractivity contribution is 5.79. The minimum absolute atomic E-state index is 0.513. The van der Waals surface area contributed by atoms with Gasteiger partial charge in [-0.25, -0.2) is 0 Å². The van der Waals surface area contributed by atoms with Crippen LogP contribution in [-0.4, -0.2) is 19.1 Å². The first kappa shape index (κ1) is 12.3. The van der Waals surface area contributed by atoms with Crippen molar-refractivity contribution in [3.05, 3.63) is 42.5 Å². The third kappa shape index (κ3) is 2.14. The Morgan fingerprint density at radius 3 is 2.85 bits per heavy atom. The van der Waals surface area contributed by atoms with E-state index in [1.807, 2.05) is 42.3 Å². The monoisotopic (exact) mass is 269 g/mol. The van der Waals surface area contributed by atoms with Crippen molar-refractivity contribution in [1.82, 2.24) is 4.98 Å². The number of hydrogen-bond donors (Lipinski definition) is 1. The Bertz CT molecular complexity index is 752. The van der Waals surface area contributed by atoms with Crippen LogP contribution in [0.5, 0.6) is 5.75 Å². The second-order valence-corrected chi connectivity index (χ2v) is 4.48. The summed E-state index contributed by atoms with van der Waals surface area (Å²) in [5.41, 5.74) is 8.79. The largest absolute Gasteiger partial charge is 0.497 e. The van der Waals surface area contributed by atoms with E-state index in [1.54, 1.807) is 19.2 Å². The van der Waals surface area contributed by atoms with Crippen molar-refractivity contribution >= 4 is 28.5 Å². The zero-order valence-corrected chi connectivity index (χ0v) is 11.3. The first-order valence-electron chi connectivity index (χ1n) is 6.21. The molecule has 0 fully saturated rings. The van der Waals surface area contributed by atoms with Crippen LogP contribution in [0, 0.1) is 0 Å². The molecule has 2 N–H and O–H groups in total. The minimum atomic E-state index is 0.513. The Labute approximate surface area is 116 Å². The number of anilines is 3. The van der Waals surface area contributed by atoms with Crippen molar-refractivity contribution in [2.75, 3.05) is 24.8 Å². The molecule has 0 aliphatic carbocycles. The van der Waals surface area contributed by atoms with Crippen molar-refractivity contribution < 1.29 is 9.15 Å². The topological polar surface area (TPSA) is 64.5 Å². The highest BCUT2D eigenvalue weighted by Gasteiger charge is 2.12. The second kappa shape index (κ2) is 4.77. The molecule has 0 saturated carbocycles. The first-order valence-corrected chi connectivity index (χ1v) is 6.21. The van der Waals surface area contributed by atoms with Crippen LogP contribution in [0.25, 0.3) is 11.1 Å². The molecule has 0 amide bonds. The number of nitrogens with zero attached hydrogens (tertiary/aromatic N) is 2. The van der Waals surface area contributed by atoms with E-state index >= 15 is 0 Å². The SMILES string of the molecule is COc1cccc(N(C)c2nc3ccc(N)cc3o2)c1. The van der Waals surface area contributed by atoms with Gasteiger partial charge in [-0.15, -0.1) is 0 Å². The predicted octanol–water partition coefficient (Wildman–Crippen LogP) is 3.19. The fourth-order valence-corrected chi connectivity index (χ4v) is 2.00. The molecule has 0 bridgehead atoms. The molecule has 0 aliphatic heterocycles. The van der Waals surface area contributed by atoms with Gasteiger partial charge in [-0.05, 0) is 24.3 Å². The van der Waals surface area contributed by atoms with Gasteiger partial charge in [-0.2, -0.15) is 4.98 Å². The second-order valence-electron chi connectivity index (χ2n) is 4.48. The number of hydrogen-bond acceptors (Lipinski definition) is 5. The van der Waals surface area contributed by atoms with Gasteiger partial charge in [-0.1, -0.05) is 6.07 Å². The molecular weight excluding hydrogens is 254 g/mol. The van der Waals surface area contributed by atoms with Gasteiger partial charge < -0.3 is 14.9 Å². The lowest BCUT2D eigenvalue weighted by Crippen LogP contribution is -2.09. The van der Waals surface area contributed by atoms with Crippen LogP contribution in [0.4, 0.5) is 17.4 Å². The summed E-state index contributed by atoms with van der Waals surface area (Å²) in [6.45, 7) is 0. The maximum atomic E-state index is 5.74. The summed E-state index contributed by atoms with van der Waals surface area (Å²) in [7, 11) is 3.53. The Morgan fingerprint density at radius 1 is 1.20 bits per heavy atom. The Hall–Kier alpha value is -2.69. The van der Waals surface area contributed by atoms with E-state index in [4.69, 9.17) is 14.9 Å². The van der Waals surface area contributed by atoms with Crippen molar-refractivity contribution in [3.63, 3.8) is 0 Å². The highest BCUT2D eigenvalue weighted by Crippen LogP contribution is 2.29. The first-order chi connectivity index (χ1) is 9.67. The van der Waals surface area contributed by atoms with Crippen LogP contribution < -0.4 is 15.4 Å². The molecule has 0 unspecified atom stereocenters. The van der Waals surface area contributed by atoms with E-state index in [-0.39, 0.29) is 0 Å². The number of benzene rings is 2. The summed E-state index contributed by atoms with van der Waals surface area (Å²) in [6.07, 6.45) is 0. The number of fused-ring (bicyclic) bond motifs is 1. The fraction of sp³-hybridized carbons (Fsp3) is 0.133. The number of aromatic nitrogens is 1. The lowest BCUT2D eigenvalue weighted by Gasteiger charge is -2.15. The standard InChI is InChI=1S/C15H15N3O2/c1-18(11-4-3-5-12(9-11)19-2)15-17-13-7-6-10(16)8-14(13)20-15/h3-9H,16H2,1-2H3. The van der Waals surface area contributed by atoms with Crippen LogP contribution in [0.3, 0.4) is 0 Å². The zero-order chi connectivity index (χ0) is 14.1. The summed E-state index contributed by atoms with van der Waals surface area (Å²) in [5, 5.41) is 0. The van der Waals surface area contributed by atoms with Gasteiger partial charge in [0.25, 0.3) is 0 Å². The highest BCUT2D eigenvalue weighted by atomic mass is 16.5. The fourth-order valence-electron chi connectivity index (χ4n) is 2.00. The summed E-state index contributed by atoms with van der Waals surface area (Å²) < 4.78 is 11.0. The molecule has 20 heavy (non-hydrogen) atoms. The maximum Gasteiger partial charge on any atom is 0.302 e. The average molecular weight is 269 g/mol. The van der Waals surface area contributed by atoms with Gasteiger partial charge in [0, 0.05) is 30.6 Å². The molecule has 5 heteroatoms. The predicted molar refractivity (Wildman–Crippen MR) is 79.5 cm³/mol. The third-order valence-corrected chi connectivity index (χ3v) is 3.13. The number of rotatable bonds is 3. The lowest BCUT2D eigenvalue weighted by molar-refractivity contribution is 0.415. The normalized spacial score (nSPS) is 10.7. The molecule has 5 nitrogen and oxygen atoms in total. The molecule has 3 aromatic rings. The number of methoxy groups -OCH3 is 1. The van der Waals surface area contributed by atoms with E-state index in [2.05, 4.69) is 4.98 Å². The smallest absolute Gasteiger partial charge is 0.302 e. The molecule has 1 heterocycles. The van der Waals surface area contributed by atoms with Gasteiger partial charge in [0.15, 0.2) is 5.58 Å². The van der Waals surface area contributed by atoms with E-state index in [9.17, 15) is 0 Å². The van der Waals surface area contributed by atoms with E-state index in [0.29, 0.717) is 17.3 Å². The summed E-state index contributed by atoms with van der Waals surface area (Å²) in [6, 6.07) is 13.6. The molecule has 102 valence electrons. The molecule has 0 saturated heterocycles. The molecule has 0 spiro atoms. The molecule has 0 atom stereocenters. The van der Waals surface area contributed by atoms with Crippen LogP contribution in [-0.2, 0) is 0 Å². The summed E-state index contributed by atoms with van der Waals surface area (Å²) in [5.74, 6) is 0.787. The molecular formula is C15H15N3O2. The third-order valence-electron chi connectivity index (χ3n) is 3.13. The zero-order valence-electron chi connectivity index (χ0n) is 11.3. The number of ether oxygens (including phenoxy) is 1. The van der Waals surface area contributed by atoms with Crippen LogP contribution in [0.15, 0.2) is 46.9 Å². The van der Waals surface area contributed by atoms with Crippen molar-refractivity contribution in [2.45, 2.75) is 0 Å². The molecule has 1 aromatic heterocycles. The van der Waals surface area contributed by atoms with Crippen molar-refractivity contribution in [2.24, 2.45) is 0 Å². The van der Waals surface area contributed by atoms with Gasteiger partial charge >= 0.3 is 6.01 Å². The van der Waals surface area contributed by atoms with Crippen LogP contribution in [0.2, 0.25) is 0 Å². The molecule has 0 aliphatic rings. The van der Waals surface area contributed by atoms with Gasteiger partial charge in [0.2, 0.25) is 0 Å². The van der Waals surface area contributed by atoms with Crippen molar-refractivity contribution in [1.29, 1.82) is 0 Å². The maximum absolute atomic E-state index is 5.74. The van der Waals surface area contributed by atoms with E-state index in [1.165, 1.54) is 0 Å². The number of nitrogen functional groups attached to an aromatic ring is 1. The quantitative estimate of drug-likeness (QED) is 0.740. The van der Waals surface area contributed by atoms with E-state index < -0.39 is 0 Å². The van der Waals surface area contributed by atoms with Gasteiger partial charge in [0.05, 0.1) is 7.11 Å². The van der Waals surface area contributed by atoms with Crippen LogP contribution in [0.1, 0.15) is 0 Å². The summed E-state index contributed by atoms with van der Waals surface area (Å²) >= 11 is 0. The van der Waals surface area contributed by atoms with Gasteiger partial charge in [0.1, 0.15) is 11.3 Å². The Balaban J connectivity index is 2.00. The Kier molecular flexibility index (Phi) is 2.95. The van der Waals surface area contributed by atoms with Crippen LogP contribution >= 0.6 is 0 Å².